The number of rotatable bonds is 6. The maximum atomic E-state index is 12.8. The Hall–Kier alpha value is -2.60. The van der Waals surface area contributed by atoms with Gasteiger partial charge in [0.2, 0.25) is 5.91 Å². The van der Waals surface area contributed by atoms with Crippen LogP contribution in [0.4, 0.5) is 5.69 Å². The lowest BCUT2D eigenvalue weighted by atomic mass is 10.1. The third-order valence-electron chi connectivity index (χ3n) is 4.64. The Kier molecular flexibility index (Phi) is 6.19. The number of anilines is 1. The third kappa shape index (κ3) is 4.28. The van der Waals surface area contributed by atoms with E-state index in [-0.39, 0.29) is 11.2 Å². The number of aromatic nitrogens is 3. The lowest BCUT2D eigenvalue weighted by molar-refractivity contribution is -0.115. The van der Waals surface area contributed by atoms with Crippen molar-refractivity contribution in [3.8, 4) is 11.4 Å². The second-order valence-corrected chi connectivity index (χ2v) is 8.25. The SMILES string of the molecule is CCn1c(S[C@H](C)C(=O)Nc2c(C)cc(C)cc2C)nnc1-c1ccccc1. The van der Waals surface area contributed by atoms with Gasteiger partial charge in [-0.3, -0.25) is 4.79 Å². The van der Waals surface area contributed by atoms with Gasteiger partial charge >= 0.3 is 0 Å². The van der Waals surface area contributed by atoms with Crippen molar-refractivity contribution < 1.29 is 4.79 Å². The summed E-state index contributed by atoms with van der Waals surface area (Å²) >= 11 is 1.43. The molecule has 5 nitrogen and oxygen atoms in total. The Morgan fingerprint density at radius 1 is 1.11 bits per heavy atom. The largest absolute Gasteiger partial charge is 0.325 e. The van der Waals surface area contributed by atoms with Crippen molar-refractivity contribution >= 4 is 23.4 Å². The number of nitrogens with one attached hydrogen (secondary N) is 1. The second-order valence-electron chi connectivity index (χ2n) is 6.94. The van der Waals surface area contributed by atoms with Gasteiger partial charge in [0.25, 0.3) is 0 Å². The van der Waals surface area contributed by atoms with Gasteiger partial charge in [0.05, 0.1) is 5.25 Å². The quantitative estimate of drug-likeness (QED) is 0.597. The van der Waals surface area contributed by atoms with Crippen molar-refractivity contribution in [2.24, 2.45) is 0 Å². The van der Waals surface area contributed by atoms with Gasteiger partial charge in [-0.15, -0.1) is 10.2 Å². The molecule has 28 heavy (non-hydrogen) atoms. The van der Waals surface area contributed by atoms with Crippen LogP contribution in [0.2, 0.25) is 0 Å². The van der Waals surface area contributed by atoms with E-state index in [1.54, 1.807) is 0 Å². The average Bonchev–Trinajstić information content (AvgIpc) is 3.07. The minimum absolute atomic E-state index is 0.0352. The monoisotopic (exact) mass is 394 g/mol. The highest BCUT2D eigenvalue weighted by Gasteiger charge is 2.21. The smallest absolute Gasteiger partial charge is 0.237 e. The molecule has 0 aliphatic carbocycles. The van der Waals surface area contributed by atoms with Gasteiger partial charge in [0.1, 0.15) is 0 Å². The molecule has 3 rings (SSSR count). The number of amides is 1. The van der Waals surface area contributed by atoms with Crippen LogP contribution in [0.25, 0.3) is 11.4 Å². The van der Waals surface area contributed by atoms with E-state index in [4.69, 9.17) is 0 Å². The highest BCUT2D eigenvalue weighted by Crippen LogP contribution is 2.28. The first-order valence-electron chi connectivity index (χ1n) is 9.44. The van der Waals surface area contributed by atoms with Crippen LogP contribution < -0.4 is 5.32 Å². The molecule has 0 aliphatic heterocycles. The predicted octanol–water partition coefficient (Wildman–Crippen LogP) is 5.01. The number of carbonyl (C=O) groups excluding carboxylic acids is 1. The molecule has 0 saturated carbocycles. The number of thioether (sulfide) groups is 1. The Labute approximate surface area is 170 Å². The number of hydrogen-bond donors (Lipinski definition) is 1. The van der Waals surface area contributed by atoms with Crippen molar-refractivity contribution in [1.82, 2.24) is 14.8 Å². The van der Waals surface area contributed by atoms with Crippen molar-refractivity contribution in [3.05, 3.63) is 59.2 Å². The molecule has 0 spiro atoms. The van der Waals surface area contributed by atoms with Gasteiger partial charge < -0.3 is 9.88 Å². The zero-order valence-electron chi connectivity index (χ0n) is 17.0. The van der Waals surface area contributed by atoms with Crippen LogP contribution in [-0.2, 0) is 11.3 Å². The summed E-state index contributed by atoms with van der Waals surface area (Å²) in [6.07, 6.45) is 0. The molecule has 0 saturated heterocycles. The van der Waals surface area contributed by atoms with Crippen LogP contribution in [0, 0.1) is 20.8 Å². The van der Waals surface area contributed by atoms with Crippen molar-refractivity contribution in [2.45, 2.75) is 51.6 Å². The zero-order valence-corrected chi connectivity index (χ0v) is 17.8. The summed E-state index contributed by atoms with van der Waals surface area (Å²) in [5, 5.41) is 12.2. The van der Waals surface area contributed by atoms with E-state index in [0.29, 0.717) is 0 Å². The van der Waals surface area contributed by atoms with Gasteiger partial charge in [-0.05, 0) is 45.7 Å². The van der Waals surface area contributed by atoms with E-state index >= 15 is 0 Å². The Balaban J connectivity index is 1.77. The summed E-state index contributed by atoms with van der Waals surface area (Å²) < 4.78 is 2.05. The van der Waals surface area contributed by atoms with Gasteiger partial charge in [-0.25, -0.2) is 0 Å². The maximum Gasteiger partial charge on any atom is 0.237 e. The van der Waals surface area contributed by atoms with Crippen LogP contribution in [0.1, 0.15) is 30.5 Å². The minimum Gasteiger partial charge on any atom is -0.325 e. The summed E-state index contributed by atoms with van der Waals surface area (Å²) in [4.78, 5) is 12.8. The first kappa shape index (κ1) is 20.1. The fourth-order valence-corrected chi connectivity index (χ4v) is 4.19. The molecule has 0 radical (unpaired) electrons. The van der Waals surface area contributed by atoms with Crippen molar-refractivity contribution in [3.63, 3.8) is 0 Å². The molecule has 0 fully saturated rings. The summed E-state index contributed by atoms with van der Waals surface area (Å²) in [5.41, 5.74) is 5.26. The van der Waals surface area contributed by atoms with E-state index in [0.717, 1.165) is 39.9 Å². The average molecular weight is 395 g/mol. The predicted molar refractivity (Wildman–Crippen MR) is 116 cm³/mol. The molecule has 1 atom stereocenters. The van der Waals surface area contributed by atoms with E-state index in [1.165, 1.54) is 17.3 Å². The molecule has 1 heterocycles. The van der Waals surface area contributed by atoms with E-state index in [2.05, 4.69) is 41.5 Å². The molecule has 1 N–H and O–H groups in total. The van der Waals surface area contributed by atoms with Crippen molar-refractivity contribution in [2.75, 3.05) is 5.32 Å². The lowest BCUT2D eigenvalue weighted by Gasteiger charge is -2.16. The van der Waals surface area contributed by atoms with E-state index in [9.17, 15) is 4.79 Å². The molecule has 3 aromatic rings. The third-order valence-corrected chi connectivity index (χ3v) is 5.72. The standard InChI is InChI=1S/C22H26N4OS/c1-6-26-20(18-10-8-7-9-11-18)24-25-22(26)28-17(5)21(27)23-19-15(3)12-14(2)13-16(19)4/h7-13,17H,6H2,1-5H3,(H,23,27)/t17-/m1/s1. The maximum absolute atomic E-state index is 12.8. The second kappa shape index (κ2) is 8.61. The molecule has 0 unspecified atom stereocenters. The Bertz CT molecular complexity index is 958. The highest BCUT2D eigenvalue weighted by atomic mass is 32.2. The van der Waals surface area contributed by atoms with Crippen LogP contribution >= 0.6 is 11.8 Å². The van der Waals surface area contributed by atoms with Gasteiger partial charge in [-0.2, -0.15) is 0 Å². The summed E-state index contributed by atoms with van der Waals surface area (Å²) in [7, 11) is 0. The van der Waals surface area contributed by atoms with Crippen LogP contribution in [0.5, 0.6) is 0 Å². The molecular formula is C22H26N4OS. The molecule has 1 amide bonds. The fraction of sp³-hybridized carbons (Fsp3) is 0.318. The molecule has 146 valence electrons. The first-order valence-corrected chi connectivity index (χ1v) is 10.3. The molecule has 6 heteroatoms. The lowest BCUT2D eigenvalue weighted by Crippen LogP contribution is -2.24. The van der Waals surface area contributed by atoms with Gasteiger partial charge in [0.15, 0.2) is 11.0 Å². The van der Waals surface area contributed by atoms with Crippen LogP contribution in [0.3, 0.4) is 0 Å². The molecule has 0 aliphatic rings. The topological polar surface area (TPSA) is 59.8 Å². The minimum atomic E-state index is -0.293. The molecular weight excluding hydrogens is 368 g/mol. The van der Waals surface area contributed by atoms with E-state index in [1.807, 2.05) is 55.7 Å². The molecule has 2 aromatic carbocycles. The van der Waals surface area contributed by atoms with Crippen LogP contribution in [-0.4, -0.2) is 25.9 Å². The summed E-state index contributed by atoms with van der Waals surface area (Å²) in [6, 6.07) is 14.2. The molecule has 1 aromatic heterocycles. The number of benzene rings is 2. The first-order chi connectivity index (χ1) is 13.4. The van der Waals surface area contributed by atoms with Gasteiger partial charge in [-0.1, -0.05) is 59.8 Å². The van der Waals surface area contributed by atoms with Gasteiger partial charge in [0, 0.05) is 17.8 Å². The number of carbonyl (C=O) groups is 1. The summed E-state index contributed by atoms with van der Waals surface area (Å²) in [6.45, 7) is 10.8. The summed E-state index contributed by atoms with van der Waals surface area (Å²) in [5.74, 6) is 0.787. The van der Waals surface area contributed by atoms with Crippen LogP contribution in [0.15, 0.2) is 47.6 Å². The number of nitrogens with zero attached hydrogens (tertiary/aromatic N) is 3. The van der Waals surface area contributed by atoms with Crippen molar-refractivity contribution in [1.29, 1.82) is 0 Å². The Morgan fingerprint density at radius 2 is 1.75 bits per heavy atom. The zero-order chi connectivity index (χ0) is 20.3. The Morgan fingerprint density at radius 3 is 2.36 bits per heavy atom. The highest BCUT2D eigenvalue weighted by molar-refractivity contribution is 8.00. The number of hydrogen-bond acceptors (Lipinski definition) is 4. The fourth-order valence-electron chi connectivity index (χ4n) is 3.28. The number of aryl methyl sites for hydroxylation is 3. The van der Waals surface area contributed by atoms with E-state index < -0.39 is 0 Å². The normalized spacial score (nSPS) is 12.0. The molecule has 0 bridgehead atoms.